The van der Waals surface area contributed by atoms with Gasteiger partial charge in [0, 0.05) is 9.90 Å². The van der Waals surface area contributed by atoms with E-state index in [1.807, 2.05) is 43.5 Å². The molecule has 0 aliphatic rings. The van der Waals surface area contributed by atoms with Crippen LogP contribution in [0.1, 0.15) is 34.3 Å². The quantitative estimate of drug-likeness (QED) is 0.479. The van der Waals surface area contributed by atoms with E-state index in [1.54, 1.807) is 29.4 Å². The molecule has 1 aromatic carbocycles. The summed E-state index contributed by atoms with van der Waals surface area (Å²) in [6.07, 6.45) is 0.989. The Balaban J connectivity index is 1.78. The summed E-state index contributed by atoms with van der Waals surface area (Å²) in [4.78, 5) is 16.1. The fraction of sp³-hybridized carbons (Fsp3) is 0.318. The summed E-state index contributed by atoms with van der Waals surface area (Å²) in [7, 11) is 0. The van der Waals surface area contributed by atoms with Gasteiger partial charge in [0.25, 0.3) is 5.91 Å². The van der Waals surface area contributed by atoms with Crippen LogP contribution in [0.5, 0.6) is 5.75 Å². The number of aryl methyl sites for hydroxylation is 3. The molecule has 3 rings (SSSR count). The maximum absolute atomic E-state index is 13.2. The lowest BCUT2D eigenvalue weighted by Gasteiger charge is -2.25. The zero-order chi connectivity index (χ0) is 20.3. The fourth-order valence-corrected chi connectivity index (χ4v) is 4.06. The summed E-state index contributed by atoms with van der Waals surface area (Å²) in [5, 5.41) is 2.76. The van der Waals surface area contributed by atoms with E-state index in [0.29, 0.717) is 18.8 Å². The largest absolute Gasteiger partial charge is 0.481 e. The molecule has 2 heterocycles. The third-order valence-electron chi connectivity index (χ3n) is 4.61. The highest BCUT2D eigenvalue weighted by atomic mass is 35.5. The van der Waals surface area contributed by atoms with Crippen molar-refractivity contribution in [2.75, 3.05) is 0 Å². The summed E-state index contributed by atoms with van der Waals surface area (Å²) < 4.78 is 11.4. The van der Waals surface area contributed by atoms with Crippen LogP contribution in [0, 0.1) is 20.8 Å². The minimum absolute atomic E-state index is 0.0885. The maximum Gasteiger partial charge on any atom is 0.264 e. The Bertz CT molecular complexity index is 926. The first-order chi connectivity index (χ1) is 13.3. The molecule has 0 aliphatic carbocycles. The minimum Gasteiger partial charge on any atom is -0.481 e. The van der Waals surface area contributed by atoms with E-state index in [4.69, 9.17) is 20.8 Å². The van der Waals surface area contributed by atoms with Crippen molar-refractivity contribution >= 4 is 28.8 Å². The van der Waals surface area contributed by atoms with Crippen molar-refractivity contribution in [3.63, 3.8) is 0 Å². The lowest BCUT2D eigenvalue weighted by Crippen LogP contribution is -2.39. The summed E-state index contributed by atoms with van der Waals surface area (Å²) in [6, 6.07) is 9.49. The number of carbonyl (C=O) groups excluding carboxylic acids is 1. The number of carbonyl (C=O) groups is 1. The van der Waals surface area contributed by atoms with Crippen molar-refractivity contribution in [2.24, 2.45) is 0 Å². The van der Waals surface area contributed by atoms with Crippen LogP contribution in [0.4, 0.5) is 0 Å². The molecular formula is C22H24ClNO3S. The molecule has 0 saturated carbocycles. The van der Waals surface area contributed by atoms with Gasteiger partial charge in [-0.1, -0.05) is 11.6 Å². The molecule has 28 heavy (non-hydrogen) atoms. The highest BCUT2D eigenvalue weighted by Crippen LogP contribution is 2.27. The third-order valence-corrected chi connectivity index (χ3v) is 6.22. The zero-order valence-corrected chi connectivity index (χ0v) is 18.1. The molecule has 1 atom stereocenters. The molecular weight excluding hydrogens is 394 g/mol. The molecule has 2 aromatic heterocycles. The second-order valence-electron chi connectivity index (χ2n) is 6.93. The molecule has 0 bridgehead atoms. The van der Waals surface area contributed by atoms with Gasteiger partial charge in [-0.15, -0.1) is 11.3 Å². The molecule has 6 heteroatoms. The topological polar surface area (TPSA) is 42.7 Å². The average molecular weight is 418 g/mol. The van der Waals surface area contributed by atoms with Gasteiger partial charge in [0.15, 0.2) is 6.10 Å². The molecule has 3 aromatic rings. The van der Waals surface area contributed by atoms with Crippen molar-refractivity contribution in [2.45, 2.75) is 46.9 Å². The Kier molecular flexibility index (Phi) is 6.47. The first-order valence-electron chi connectivity index (χ1n) is 9.12. The SMILES string of the molecule is Cc1ccsc1CN(Cc1ccco1)C(=O)[C@H](C)Oc1cc(C)c(Cl)c(C)c1. The van der Waals surface area contributed by atoms with Crippen molar-refractivity contribution in [3.05, 3.63) is 74.3 Å². The normalized spacial score (nSPS) is 12.0. The van der Waals surface area contributed by atoms with Crippen molar-refractivity contribution in [3.8, 4) is 5.75 Å². The lowest BCUT2D eigenvalue weighted by atomic mass is 10.1. The predicted molar refractivity (Wildman–Crippen MR) is 113 cm³/mol. The van der Waals surface area contributed by atoms with Gasteiger partial charge in [-0.05, 0) is 80.1 Å². The molecule has 148 valence electrons. The molecule has 1 amide bonds. The number of rotatable bonds is 7. The van der Waals surface area contributed by atoms with Crippen LogP contribution in [-0.4, -0.2) is 16.9 Å². The standard InChI is InChI=1S/C22H24ClNO3S/c1-14-7-9-28-20(14)13-24(12-18-6-5-8-26-18)22(25)17(4)27-19-10-15(2)21(23)16(3)11-19/h5-11,17H,12-13H2,1-4H3/t17-/m0/s1. The first kappa shape index (κ1) is 20.5. The number of furan rings is 1. The van der Waals surface area contributed by atoms with Crippen molar-refractivity contribution in [1.82, 2.24) is 4.90 Å². The van der Waals surface area contributed by atoms with Crippen LogP contribution in [-0.2, 0) is 17.9 Å². The van der Waals surface area contributed by atoms with E-state index < -0.39 is 6.10 Å². The average Bonchev–Trinajstić information content (AvgIpc) is 3.30. The van der Waals surface area contributed by atoms with Crippen LogP contribution >= 0.6 is 22.9 Å². The first-order valence-corrected chi connectivity index (χ1v) is 10.4. The van der Waals surface area contributed by atoms with Gasteiger partial charge < -0.3 is 14.1 Å². The van der Waals surface area contributed by atoms with Crippen LogP contribution < -0.4 is 4.74 Å². The van der Waals surface area contributed by atoms with E-state index in [1.165, 1.54) is 5.56 Å². The summed E-state index contributed by atoms with van der Waals surface area (Å²) >= 11 is 7.88. The van der Waals surface area contributed by atoms with E-state index in [-0.39, 0.29) is 5.91 Å². The predicted octanol–water partition coefficient (Wildman–Crippen LogP) is 5.92. The summed E-state index contributed by atoms with van der Waals surface area (Å²) in [6.45, 7) is 8.61. The van der Waals surface area contributed by atoms with Gasteiger partial charge in [0.1, 0.15) is 11.5 Å². The van der Waals surface area contributed by atoms with Gasteiger partial charge in [-0.3, -0.25) is 4.79 Å². The highest BCUT2D eigenvalue weighted by Gasteiger charge is 2.24. The Morgan fingerprint density at radius 3 is 2.46 bits per heavy atom. The second kappa shape index (κ2) is 8.84. The number of thiophene rings is 1. The third kappa shape index (κ3) is 4.78. The van der Waals surface area contributed by atoms with Gasteiger partial charge in [-0.25, -0.2) is 0 Å². The van der Waals surface area contributed by atoms with Crippen LogP contribution in [0.15, 0.2) is 46.4 Å². The Hall–Kier alpha value is -2.24. The number of benzene rings is 1. The zero-order valence-electron chi connectivity index (χ0n) is 16.5. The van der Waals surface area contributed by atoms with Crippen LogP contribution in [0.25, 0.3) is 0 Å². The molecule has 0 saturated heterocycles. The van der Waals surface area contributed by atoms with Crippen molar-refractivity contribution in [1.29, 1.82) is 0 Å². The maximum atomic E-state index is 13.2. The molecule has 0 spiro atoms. The smallest absolute Gasteiger partial charge is 0.264 e. The van der Waals surface area contributed by atoms with E-state index >= 15 is 0 Å². The van der Waals surface area contributed by atoms with Crippen LogP contribution in [0.2, 0.25) is 5.02 Å². The van der Waals surface area contributed by atoms with E-state index in [0.717, 1.165) is 26.8 Å². The van der Waals surface area contributed by atoms with Gasteiger partial charge in [0.05, 0.1) is 19.4 Å². The van der Waals surface area contributed by atoms with Crippen LogP contribution in [0.3, 0.4) is 0 Å². The van der Waals surface area contributed by atoms with Gasteiger partial charge in [0.2, 0.25) is 0 Å². The monoisotopic (exact) mass is 417 g/mol. The summed E-state index contributed by atoms with van der Waals surface area (Å²) in [5.74, 6) is 1.30. The number of amides is 1. The number of hydrogen-bond donors (Lipinski definition) is 0. The Morgan fingerprint density at radius 1 is 1.18 bits per heavy atom. The summed E-state index contributed by atoms with van der Waals surface area (Å²) in [5.41, 5.74) is 3.04. The molecule has 0 fully saturated rings. The Morgan fingerprint density at radius 2 is 1.89 bits per heavy atom. The van der Waals surface area contributed by atoms with E-state index in [9.17, 15) is 4.79 Å². The number of hydrogen-bond acceptors (Lipinski definition) is 4. The lowest BCUT2D eigenvalue weighted by molar-refractivity contribution is -0.139. The molecule has 0 unspecified atom stereocenters. The second-order valence-corrected chi connectivity index (χ2v) is 8.31. The molecule has 0 N–H and O–H groups in total. The van der Waals surface area contributed by atoms with Crippen molar-refractivity contribution < 1.29 is 13.9 Å². The Labute approximate surface area is 174 Å². The number of halogens is 1. The number of ether oxygens (including phenoxy) is 1. The molecule has 0 radical (unpaired) electrons. The van der Waals surface area contributed by atoms with E-state index in [2.05, 4.69) is 13.0 Å². The minimum atomic E-state index is -0.629. The molecule has 4 nitrogen and oxygen atoms in total. The van der Waals surface area contributed by atoms with Gasteiger partial charge in [-0.2, -0.15) is 0 Å². The molecule has 0 aliphatic heterocycles. The highest BCUT2D eigenvalue weighted by molar-refractivity contribution is 7.10. The van der Waals surface area contributed by atoms with Gasteiger partial charge >= 0.3 is 0 Å². The number of nitrogens with zero attached hydrogens (tertiary/aromatic N) is 1. The fourth-order valence-electron chi connectivity index (χ4n) is 3.03.